The Bertz CT molecular complexity index is 371. The Balaban J connectivity index is 2.63. The fraction of sp³-hybridized carbons (Fsp3) is 0.600. The molecular weight excluding hydrogens is 258 g/mol. The monoisotopic (exact) mass is 283 g/mol. The first-order chi connectivity index (χ1) is 9.22. The van der Waals surface area contributed by atoms with Crippen LogP contribution in [-0.4, -0.2) is 32.8 Å². The maximum atomic E-state index is 5.34. The van der Waals surface area contributed by atoms with Crippen molar-refractivity contribution >= 4 is 11.8 Å². The van der Waals surface area contributed by atoms with Gasteiger partial charge in [-0.2, -0.15) is 11.8 Å². The van der Waals surface area contributed by atoms with Gasteiger partial charge >= 0.3 is 0 Å². The summed E-state index contributed by atoms with van der Waals surface area (Å²) in [5.41, 5.74) is 2.37. The predicted octanol–water partition coefficient (Wildman–Crippen LogP) is 3.25. The fourth-order valence-corrected chi connectivity index (χ4v) is 2.42. The molecule has 108 valence electrons. The van der Waals surface area contributed by atoms with Gasteiger partial charge in [0.25, 0.3) is 0 Å². The lowest BCUT2D eigenvalue weighted by Gasteiger charge is -2.16. The molecule has 0 radical (unpaired) electrons. The number of hydrogen-bond donors (Lipinski definition) is 1. The Morgan fingerprint density at radius 3 is 2.74 bits per heavy atom. The van der Waals surface area contributed by atoms with Crippen molar-refractivity contribution in [3.8, 4) is 5.75 Å². The zero-order chi connectivity index (χ0) is 14.1. The fourth-order valence-electron chi connectivity index (χ4n) is 1.99. The second-order valence-electron chi connectivity index (χ2n) is 4.53. The molecule has 4 heteroatoms. The summed E-state index contributed by atoms with van der Waals surface area (Å²) in [5, 5.41) is 3.55. The molecule has 0 fully saturated rings. The number of hydrogen-bond acceptors (Lipinski definition) is 4. The molecule has 0 aliphatic heterocycles. The van der Waals surface area contributed by atoms with Gasteiger partial charge in [0.2, 0.25) is 0 Å². The first-order valence-corrected chi connectivity index (χ1v) is 8.00. The van der Waals surface area contributed by atoms with Gasteiger partial charge in [0.05, 0.1) is 13.7 Å². The zero-order valence-electron chi connectivity index (χ0n) is 12.4. The minimum Gasteiger partial charge on any atom is -0.496 e. The highest BCUT2D eigenvalue weighted by Gasteiger charge is 2.09. The summed E-state index contributed by atoms with van der Waals surface area (Å²) in [6, 6.07) is 6.64. The van der Waals surface area contributed by atoms with Crippen molar-refractivity contribution in [1.29, 1.82) is 0 Å². The van der Waals surface area contributed by atoms with E-state index in [2.05, 4.69) is 30.6 Å². The molecule has 1 N–H and O–H groups in total. The van der Waals surface area contributed by atoms with Crippen LogP contribution in [0.4, 0.5) is 0 Å². The van der Waals surface area contributed by atoms with Gasteiger partial charge in [-0.05, 0) is 49.6 Å². The molecule has 0 aromatic heterocycles. The van der Waals surface area contributed by atoms with Crippen molar-refractivity contribution < 1.29 is 9.47 Å². The van der Waals surface area contributed by atoms with Gasteiger partial charge in [0, 0.05) is 18.7 Å². The largest absolute Gasteiger partial charge is 0.496 e. The molecule has 1 unspecified atom stereocenters. The van der Waals surface area contributed by atoms with Crippen LogP contribution in [0, 0.1) is 0 Å². The van der Waals surface area contributed by atoms with E-state index in [0.717, 1.165) is 17.9 Å². The predicted molar refractivity (Wildman–Crippen MR) is 83.1 cm³/mol. The molecule has 3 nitrogen and oxygen atoms in total. The van der Waals surface area contributed by atoms with E-state index in [1.165, 1.54) is 17.7 Å². The van der Waals surface area contributed by atoms with Gasteiger partial charge in [-0.25, -0.2) is 0 Å². The number of thioether (sulfide) groups is 1. The van der Waals surface area contributed by atoms with Gasteiger partial charge in [-0.1, -0.05) is 6.07 Å². The first-order valence-electron chi connectivity index (χ1n) is 6.61. The van der Waals surface area contributed by atoms with Crippen molar-refractivity contribution in [2.24, 2.45) is 0 Å². The SMILES string of the molecule is COCc1cc(C(C)NCCCSC)ccc1OC. The average Bonchev–Trinajstić information content (AvgIpc) is 2.43. The molecule has 0 aliphatic rings. The van der Waals surface area contributed by atoms with E-state index in [9.17, 15) is 0 Å². The third-order valence-electron chi connectivity index (χ3n) is 3.08. The molecule has 1 rings (SSSR count). The van der Waals surface area contributed by atoms with Crippen molar-refractivity contribution in [3.05, 3.63) is 29.3 Å². The number of methoxy groups -OCH3 is 2. The Hall–Kier alpha value is -0.710. The summed E-state index contributed by atoms with van der Waals surface area (Å²) in [6.45, 7) is 3.82. The van der Waals surface area contributed by atoms with E-state index in [0.29, 0.717) is 12.6 Å². The summed E-state index contributed by atoms with van der Waals surface area (Å²) < 4.78 is 10.6. The minimum absolute atomic E-state index is 0.350. The Kier molecular flexibility index (Phi) is 7.94. The van der Waals surface area contributed by atoms with Crippen LogP contribution in [0.1, 0.15) is 30.5 Å². The van der Waals surface area contributed by atoms with E-state index in [4.69, 9.17) is 9.47 Å². The summed E-state index contributed by atoms with van der Waals surface area (Å²) in [6.07, 6.45) is 3.34. The number of ether oxygens (including phenoxy) is 2. The van der Waals surface area contributed by atoms with E-state index >= 15 is 0 Å². The van der Waals surface area contributed by atoms with E-state index in [1.54, 1.807) is 14.2 Å². The zero-order valence-corrected chi connectivity index (χ0v) is 13.2. The van der Waals surface area contributed by atoms with Crippen LogP contribution in [0.3, 0.4) is 0 Å². The second kappa shape index (κ2) is 9.23. The molecule has 0 heterocycles. The van der Waals surface area contributed by atoms with Gasteiger partial charge in [0.15, 0.2) is 0 Å². The van der Waals surface area contributed by atoms with Crippen molar-refractivity contribution in [2.45, 2.75) is 26.0 Å². The van der Waals surface area contributed by atoms with Crippen molar-refractivity contribution in [1.82, 2.24) is 5.32 Å². The van der Waals surface area contributed by atoms with Crippen molar-refractivity contribution in [2.75, 3.05) is 32.8 Å². The van der Waals surface area contributed by atoms with Crippen LogP contribution in [0.5, 0.6) is 5.75 Å². The summed E-state index contributed by atoms with van der Waals surface area (Å²) in [7, 11) is 3.40. The highest BCUT2D eigenvalue weighted by molar-refractivity contribution is 7.98. The highest BCUT2D eigenvalue weighted by atomic mass is 32.2. The van der Waals surface area contributed by atoms with E-state index in [-0.39, 0.29) is 0 Å². The quantitative estimate of drug-likeness (QED) is 0.705. The second-order valence-corrected chi connectivity index (χ2v) is 5.51. The van der Waals surface area contributed by atoms with E-state index < -0.39 is 0 Å². The lowest BCUT2D eigenvalue weighted by molar-refractivity contribution is 0.181. The third kappa shape index (κ3) is 5.43. The molecule has 0 bridgehead atoms. The Morgan fingerprint density at radius 2 is 2.11 bits per heavy atom. The minimum atomic E-state index is 0.350. The van der Waals surface area contributed by atoms with Crippen LogP contribution in [0.2, 0.25) is 0 Å². The number of rotatable bonds is 9. The van der Waals surface area contributed by atoms with Gasteiger partial charge in [0.1, 0.15) is 5.75 Å². The molecular formula is C15H25NO2S. The molecule has 0 amide bonds. The normalized spacial score (nSPS) is 12.4. The first kappa shape index (κ1) is 16.3. The number of nitrogens with one attached hydrogen (secondary N) is 1. The van der Waals surface area contributed by atoms with Gasteiger partial charge in [-0.3, -0.25) is 0 Å². The molecule has 0 aliphatic carbocycles. The highest BCUT2D eigenvalue weighted by Crippen LogP contribution is 2.24. The summed E-state index contributed by atoms with van der Waals surface area (Å²) in [4.78, 5) is 0. The molecule has 0 saturated carbocycles. The molecule has 1 aromatic rings. The third-order valence-corrected chi connectivity index (χ3v) is 3.78. The molecule has 1 aromatic carbocycles. The van der Waals surface area contributed by atoms with Crippen LogP contribution < -0.4 is 10.1 Å². The van der Waals surface area contributed by atoms with Crippen LogP contribution in [0.15, 0.2) is 18.2 Å². The van der Waals surface area contributed by atoms with Crippen LogP contribution in [-0.2, 0) is 11.3 Å². The van der Waals surface area contributed by atoms with E-state index in [1.807, 2.05) is 17.8 Å². The summed E-state index contributed by atoms with van der Waals surface area (Å²) >= 11 is 1.89. The molecule has 0 saturated heterocycles. The maximum absolute atomic E-state index is 5.34. The molecule has 1 atom stereocenters. The lowest BCUT2D eigenvalue weighted by atomic mass is 10.0. The smallest absolute Gasteiger partial charge is 0.124 e. The number of benzene rings is 1. The Labute approximate surface area is 121 Å². The molecule has 19 heavy (non-hydrogen) atoms. The molecule has 0 spiro atoms. The lowest BCUT2D eigenvalue weighted by Crippen LogP contribution is -2.20. The standard InChI is InChI=1S/C15H25NO2S/c1-12(16-8-5-9-19-4)13-6-7-15(18-3)14(10-13)11-17-2/h6-7,10,12,16H,5,8-9,11H2,1-4H3. The van der Waals surface area contributed by atoms with Gasteiger partial charge < -0.3 is 14.8 Å². The summed E-state index contributed by atoms with van der Waals surface area (Å²) in [5.74, 6) is 2.09. The van der Waals surface area contributed by atoms with Crippen LogP contribution >= 0.6 is 11.8 Å². The van der Waals surface area contributed by atoms with Crippen molar-refractivity contribution in [3.63, 3.8) is 0 Å². The van der Waals surface area contributed by atoms with Crippen LogP contribution in [0.25, 0.3) is 0 Å². The average molecular weight is 283 g/mol. The topological polar surface area (TPSA) is 30.5 Å². The maximum Gasteiger partial charge on any atom is 0.124 e. The Morgan fingerprint density at radius 1 is 1.32 bits per heavy atom. The van der Waals surface area contributed by atoms with Gasteiger partial charge in [-0.15, -0.1) is 0 Å².